The van der Waals surface area contributed by atoms with Gasteiger partial charge in [-0.05, 0) is 18.6 Å². The fourth-order valence-corrected chi connectivity index (χ4v) is 2.97. The van der Waals surface area contributed by atoms with Gasteiger partial charge >= 0.3 is 0 Å². The molecule has 68 valence electrons. The van der Waals surface area contributed by atoms with Gasteiger partial charge in [-0.15, -0.1) is 22.7 Å². The molecule has 0 N–H and O–H groups in total. The van der Waals surface area contributed by atoms with Crippen LogP contribution in [-0.2, 0) is 6.42 Å². The molecule has 2 aromatic heterocycles. The van der Waals surface area contributed by atoms with E-state index in [2.05, 4.69) is 11.9 Å². The van der Waals surface area contributed by atoms with E-state index in [0.29, 0.717) is 0 Å². The molecule has 2 rings (SSSR count). The lowest BCUT2D eigenvalue weighted by molar-refractivity contribution is 1.17. The van der Waals surface area contributed by atoms with E-state index in [1.54, 1.807) is 22.7 Å². The van der Waals surface area contributed by atoms with Gasteiger partial charge in [0.25, 0.3) is 0 Å². The number of hydrogen-bond acceptors (Lipinski definition) is 3. The highest BCUT2D eigenvalue weighted by Gasteiger charge is 2.05. The van der Waals surface area contributed by atoms with E-state index >= 15 is 0 Å². The summed E-state index contributed by atoms with van der Waals surface area (Å²) in [6.07, 6.45) is 2.99. The molecule has 0 spiro atoms. The second-order valence-corrected chi connectivity index (χ2v) is 5.42. The highest BCUT2D eigenvalue weighted by atomic mass is 35.5. The molecule has 0 bridgehead atoms. The number of aryl methyl sites for hydroxylation is 1. The van der Waals surface area contributed by atoms with Gasteiger partial charge in [0.15, 0.2) is 0 Å². The van der Waals surface area contributed by atoms with Gasteiger partial charge in [0.2, 0.25) is 0 Å². The minimum absolute atomic E-state index is 0.822. The summed E-state index contributed by atoms with van der Waals surface area (Å²) in [5, 5.41) is 1.08. The lowest BCUT2D eigenvalue weighted by atomic mass is 10.4. The molecule has 0 unspecified atom stereocenters. The number of aromatic nitrogens is 1. The van der Waals surface area contributed by atoms with Crippen molar-refractivity contribution in [1.82, 2.24) is 4.98 Å². The van der Waals surface area contributed by atoms with Crippen molar-refractivity contribution in [2.75, 3.05) is 0 Å². The predicted octanol–water partition coefficient (Wildman–Crippen LogP) is 4.09. The summed E-state index contributed by atoms with van der Waals surface area (Å²) < 4.78 is 0.822. The second-order valence-electron chi connectivity index (χ2n) is 2.59. The average Bonchev–Trinajstić information content (AvgIpc) is 2.71. The van der Waals surface area contributed by atoms with Gasteiger partial charge in [0, 0.05) is 11.1 Å². The number of halogens is 1. The van der Waals surface area contributed by atoms with Crippen molar-refractivity contribution >= 4 is 34.3 Å². The maximum absolute atomic E-state index is 5.85. The first-order chi connectivity index (χ1) is 6.29. The Hall–Kier alpha value is -0.380. The Labute approximate surface area is 90.0 Å². The average molecular weight is 230 g/mol. The van der Waals surface area contributed by atoms with Crippen LogP contribution in [0.15, 0.2) is 18.3 Å². The molecule has 0 fully saturated rings. The lowest BCUT2D eigenvalue weighted by Crippen LogP contribution is -1.65. The first-order valence-electron chi connectivity index (χ1n) is 4.00. The van der Waals surface area contributed by atoms with Crippen molar-refractivity contribution in [2.45, 2.75) is 13.3 Å². The van der Waals surface area contributed by atoms with Crippen LogP contribution in [0.2, 0.25) is 4.34 Å². The minimum atomic E-state index is 0.822. The smallest absolute Gasteiger partial charge is 0.133 e. The summed E-state index contributed by atoms with van der Waals surface area (Å²) in [6.45, 7) is 2.14. The van der Waals surface area contributed by atoms with Gasteiger partial charge in [0.05, 0.1) is 9.21 Å². The summed E-state index contributed by atoms with van der Waals surface area (Å²) >= 11 is 9.16. The van der Waals surface area contributed by atoms with Crippen LogP contribution < -0.4 is 0 Å². The molecule has 0 radical (unpaired) electrons. The van der Waals surface area contributed by atoms with E-state index < -0.39 is 0 Å². The molecular weight excluding hydrogens is 222 g/mol. The second kappa shape index (κ2) is 3.78. The molecule has 1 nitrogen and oxygen atoms in total. The zero-order valence-corrected chi connectivity index (χ0v) is 9.47. The fourth-order valence-electron chi connectivity index (χ4n) is 1.01. The third kappa shape index (κ3) is 1.93. The van der Waals surface area contributed by atoms with Crippen molar-refractivity contribution < 1.29 is 0 Å². The zero-order chi connectivity index (χ0) is 9.26. The Bertz CT molecular complexity index is 405. The summed E-state index contributed by atoms with van der Waals surface area (Å²) in [4.78, 5) is 6.82. The van der Waals surface area contributed by atoms with Gasteiger partial charge in [0.1, 0.15) is 5.01 Å². The Morgan fingerprint density at radius 2 is 2.23 bits per heavy atom. The van der Waals surface area contributed by atoms with Gasteiger partial charge in [-0.25, -0.2) is 4.98 Å². The highest BCUT2D eigenvalue weighted by molar-refractivity contribution is 7.23. The van der Waals surface area contributed by atoms with Crippen LogP contribution in [0.25, 0.3) is 9.88 Å². The molecule has 0 saturated carbocycles. The quantitative estimate of drug-likeness (QED) is 0.756. The molecule has 0 aromatic carbocycles. The van der Waals surface area contributed by atoms with E-state index in [1.807, 2.05) is 18.3 Å². The van der Waals surface area contributed by atoms with Gasteiger partial charge in [-0.2, -0.15) is 0 Å². The summed E-state index contributed by atoms with van der Waals surface area (Å²) in [7, 11) is 0. The van der Waals surface area contributed by atoms with Crippen molar-refractivity contribution in [2.24, 2.45) is 0 Å². The molecule has 0 aliphatic heterocycles. The molecule has 0 amide bonds. The van der Waals surface area contributed by atoms with E-state index in [0.717, 1.165) is 20.6 Å². The van der Waals surface area contributed by atoms with E-state index in [4.69, 9.17) is 11.6 Å². The van der Waals surface area contributed by atoms with E-state index in [-0.39, 0.29) is 0 Å². The highest BCUT2D eigenvalue weighted by Crippen LogP contribution is 2.33. The van der Waals surface area contributed by atoms with Crippen molar-refractivity contribution in [1.29, 1.82) is 0 Å². The van der Waals surface area contributed by atoms with E-state index in [1.165, 1.54) is 4.88 Å². The maximum atomic E-state index is 5.85. The molecule has 0 aliphatic rings. The molecule has 2 aromatic rings. The Kier molecular flexibility index (Phi) is 2.67. The molecule has 2 heterocycles. The molecule has 4 heteroatoms. The van der Waals surface area contributed by atoms with Crippen LogP contribution in [0.5, 0.6) is 0 Å². The number of thiazole rings is 1. The van der Waals surface area contributed by atoms with Gasteiger partial charge in [-0.3, -0.25) is 0 Å². The summed E-state index contributed by atoms with van der Waals surface area (Å²) in [6, 6.07) is 3.93. The largest absolute Gasteiger partial charge is 0.243 e. The first-order valence-corrected chi connectivity index (χ1v) is 6.01. The topological polar surface area (TPSA) is 12.9 Å². The van der Waals surface area contributed by atoms with Gasteiger partial charge in [-0.1, -0.05) is 18.5 Å². The number of rotatable bonds is 2. The van der Waals surface area contributed by atoms with Crippen molar-refractivity contribution in [3.8, 4) is 9.88 Å². The Balaban J connectivity index is 2.35. The molecule has 0 saturated heterocycles. The summed E-state index contributed by atoms with van der Waals surface area (Å²) in [5.41, 5.74) is 0. The molecule has 13 heavy (non-hydrogen) atoms. The van der Waals surface area contributed by atoms with Crippen LogP contribution in [0, 0.1) is 0 Å². The molecule has 0 atom stereocenters. The SMILES string of the molecule is CCc1cnc(-c2ccc(Cl)s2)s1. The Morgan fingerprint density at radius 3 is 2.77 bits per heavy atom. The number of thiophene rings is 1. The van der Waals surface area contributed by atoms with Gasteiger partial charge < -0.3 is 0 Å². The fraction of sp³-hybridized carbons (Fsp3) is 0.222. The van der Waals surface area contributed by atoms with Crippen LogP contribution in [0.4, 0.5) is 0 Å². The third-order valence-electron chi connectivity index (χ3n) is 1.69. The predicted molar refractivity (Wildman–Crippen MR) is 59.8 cm³/mol. The van der Waals surface area contributed by atoms with E-state index in [9.17, 15) is 0 Å². The standard InChI is InChI=1S/C9H8ClNS2/c1-2-6-5-11-9(12-6)7-3-4-8(10)13-7/h3-5H,2H2,1H3. The zero-order valence-electron chi connectivity index (χ0n) is 7.08. The number of hydrogen-bond donors (Lipinski definition) is 0. The summed E-state index contributed by atoms with van der Waals surface area (Å²) in [5.74, 6) is 0. The third-order valence-corrected chi connectivity index (χ3v) is 4.23. The monoisotopic (exact) mass is 229 g/mol. The Morgan fingerprint density at radius 1 is 1.38 bits per heavy atom. The van der Waals surface area contributed by atoms with Crippen LogP contribution in [-0.4, -0.2) is 4.98 Å². The first kappa shape index (κ1) is 9.19. The van der Waals surface area contributed by atoms with Crippen molar-refractivity contribution in [3.05, 3.63) is 27.5 Å². The van der Waals surface area contributed by atoms with Crippen LogP contribution in [0.1, 0.15) is 11.8 Å². The normalized spacial score (nSPS) is 10.6. The number of nitrogens with zero attached hydrogens (tertiary/aromatic N) is 1. The molecule has 0 aliphatic carbocycles. The molecular formula is C9H8ClNS2. The van der Waals surface area contributed by atoms with Crippen molar-refractivity contribution in [3.63, 3.8) is 0 Å². The maximum Gasteiger partial charge on any atom is 0.133 e. The minimum Gasteiger partial charge on any atom is -0.243 e. The van der Waals surface area contributed by atoms with Crippen LogP contribution >= 0.6 is 34.3 Å². The lowest BCUT2D eigenvalue weighted by Gasteiger charge is -1.85. The van der Waals surface area contributed by atoms with Crippen LogP contribution in [0.3, 0.4) is 0 Å².